The van der Waals surface area contributed by atoms with Crippen LogP contribution >= 0.6 is 11.6 Å². The third kappa shape index (κ3) is 4.23. The fourth-order valence-electron chi connectivity index (χ4n) is 2.10. The van der Waals surface area contributed by atoms with Gasteiger partial charge in [0, 0.05) is 25.7 Å². The minimum atomic E-state index is -0.775. The minimum absolute atomic E-state index is 0.157. The predicted octanol–water partition coefficient (Wildman–Crippen LogP) is 2.94. The van der Waals surface area contributed by atoms with Crippen molar-refractivity contribution in [3.8, 4) is 0 Å². The number of benzene rings is 1. The first-order chi connectivity index (χ1) is 10.1. The van der Waals surface area contributed by atoms with Gasteiger partial charge in [0.15, 0.2) is 0 Å². The van der Waals surface area contributed by atoms with Crippen LogP contribution in [0.5, 0.6) is 0 Å². The molecule has 6 heteroatoms. The van der Waals surface area contributed by atoms with E-state index in [4.69, 9.17) is 16.7 Å². The second-order valence-corrected chi connectivity index (χ2v) is 5.20. The summed E-state index contributed by atoms with van der Waals surface area (Å²) in [5.41, 5.74) is 1.04. The van der Waals surface area contributed by atoms with Crippen LogP contribution in [0.25, 0.3) is 0 Å². The molecule has 0 bridgehead atoms. The number of aliphatic carboxylic acids is 1. The van der Waals surface area contributed by atoms with E-state index in [2.05, 4.69) is 9.88 Å². The summed E-state index contributed by atoms with van der Waals surface area (Å²) >= 11 is 6.01. The molecule has 0 aliphatic rings. The average Bonchev–Trinajstić information content (AvgIpc) is 2.79. The number of imidazole rings is 1. The first kappa shape index (κ1) is 15.4. The van der Waals surface area contributed by atoms with E-state index in [9.17, 15) is 4.79 Å². The molecule has 0 radical (unpaired) electrons. The highest BCUT2D eigenvalue weighted by atomic mass is 35.5. The molecule has 1 aromatic heterocycles. The van der Waals surface area contributed by atoms with E-state index in [1.54, 1.807) is 6.20 Å². The summed E-state index contributed by atoms with van der Waals surface area (Å²) in [7, 11) is 1.87. The number of para-hydroxylation sites is 1. The Morgan fingerprint density at radius 3 is 2.67 bits per heavy atom. The number of nitrogens with zero attached hydrogens (tertiary/aromatic N) is 3. The topological polar surface area (TPSA) is 58.4 Å². The zero-order valence-electron chi connectivity index (χ0n) is 11.9. The molecule has 1 aromatic carbocycles. The maximum absolute atomic E-state index is 10.7. The highest BCUT2D eigenvalue weighted by Gasteiger charge is 2.12. The Morgan fingerprint density at radius 1 is 1.38 bits per heavy atom. The number of aromatic nitrogens is 2. The molecule has 2 rings (SSSR count). The van der Waals surface area contributed by atoms with E-state index >= 15 is 0 Å². The number of hydrogen-bond donors (Lipinski definition) is 1. The van der Waals surface area contributed by atoms with Crippen molar-refractivity contribution in [2.75, 3.05) is 11.4 Å². The van der Waals surface area contributed by atoms with Crippen molar-refractivity contribution in [2.24, 2.45) is 7.05 Å². The number of carbonyl (C=O) groups is 1. The Balaban J connectivity index is 2.12. The molecule has 0 spiro atoms. The zero-order valence-corrected chi connectivity index (χ0v) is 12.6. The van der Waals surface area contributed by atoms with Crippen molar-refractivity contribution in [1.29, 1.82) is 0 Å². The molecule has 0 atom stereocenters. The molecular weight excluding hydrogens is 290 g/mol. The fraction of sp³-hybridized carbons (Fsp3) is 0.333. The van der Waals surface area contributed by atoms with Crippen LogP contribution in [0.2, 0.25) is 5.15 Å². The number of anilines is 1. The second kappa shape index (κ2) is 7.13. The van der Waals surface area contributed by atoms with Gasteiger partial charge in [0.1, 0.15) is 11.0 Å². The summed E-state index contributed by atoms with van der Waals surface area (Å²) in [5.74, 6) is 0.0715. The molecule has 0 saturated carbocycles. The summed E-state index contributed by atoms with van der Waals surface area (Å²) < 4.78 is 1.83. The van der Waals surface area contributed by atoms with Crippen LogP contribution in [-0.4, -0.2) is 27.2 Å². The van der Waals surface area contributed by atoms with Crippen molar-refractivity contribution in [3.05, 3.63) is 47.5 Å². The molecule has 0 fully saturated rings. The van der Waals surface area contributed by atoms with Crippen molar-refractivity contribution >= 4 is 23.3 Å². The number of carboxylic acids is 1. The van der Waals surface area contributed by atoms with Crippen LogP contribution in [0.15, 0.2) is 36.5 Å². The van der Waals surface area contributed by atoms with Gasteiger partial charge in [-0.2, -0.15) is 0 Å². The van der Waals surface area contributed by atoms with Crippen molar-refractivity contribution in [2.45, 2.75) is 19.4 Å². The minimum Gasteiger partial charge on any atom is -0.481 e. The van der Waals surface area contributed by atoms with Gasteiger partial charge < -0.3 is 14.6 Å². The molecule has 1 N–H and O–H groups in total. The van der Waals surface area contributed by atoms with Gasteiger partial charge in [0.2, 0.25) is 0 Å². The maximum Gasteiger partial charge on any atom is 0.303 e. The van der Waals surface area contributed by atoms with Crippen LogP contribution in [0.3, 0.4) is 0 Å². The molecule has 21 heavy (non-hydrogen) atoms. The molecule has 0 saturated heterocycles. The summed E-state index contributed by atoms with van der Waals surface area (Å²) in [6, 6.07) is 9.89. The van der Waals surface area contributed by atoms with Gasteiger partial charge in [0.25, 0.3) is 0 Å². The molecule has 5 nitrogen and oxygen atoms in total. The molecule has 112 valence electrons. The molecule has 2 aromatic rings. The van der Waals surface area contributed by atoms with Gasteiger partial charge >= 0.3 is 5.97 Å². The summed E-state index contributed by atoms with van der Waals surface area (Å²) in [5, 5.41) is 9.37. The van der Waals surface area contributed by atoms with Gasteiger partial charge in [-0.1, -0.05) is 29.8 Å². The average molecular weight is 308 g/mol. The SMILES string of the molecule is Cn1c(Cl)cnc1CN(CCCC(=O)O)c1ccccc1. The third-order valence-electron chi connectivity index (χ3n) is 3.30. The highest BCUT2D eigenvalue weighted by molar-refractivity contribution is 6.29. The number of rotatable bonds is 7. The zero-order chi connectivity index (χ0) is 15.2. The van der Waals surface area contributed by atoms with E-state index in [1.807, 2.05) is 41.9 Å². The molecule has 0 aliphatic heterocycles. The van der Waals surface area contributed by atoms with Crippen LogP contribution in [0, 0.1) is 0 Å². The standard InChI is InChI=1S/C15H18ClN3O2/c1-18-13(16)10-17-14(18)11-19(9-5-8-15(20)21)12-6-3-2-4-7-12/h2-4,6-7,10H,5,8-9,11H2,1H3,(H,20,21). The first-order valence-electron chi connectivity index (χ1n) is 6.76. The van der Waals surface area contributed by atoms with Crippen LogP contribution in [0.1, 0.15) is 18.7 Å². The first-order valence-corrected chi connectivity index (χ1v) is 7.13. The molecular formula is C15H18ClN3O2. The lowest BCUT2D eigenvalue weighted by molar-refractivity contribution is -0.137. The maximum atomic E-state index is 10.7. The van der Waals surface area contributed by atoms with Gasteiger partial charge in [-0.3, -0.25) is 4.79 Å². The van der Waals surface area contributed by atoms with Crippen molar-refractivity contribution in [3.63, 3.8) is 0 Å². The Kier molecular flexibility index (Phi) is 5.22. The normalized spacial score (nSPS) is 10.6. The Morgan fingerprint density at radius 2 is 2.10 bits per heavy atom. The van der Waals surface area contributed by atoms with E-state index in [0.29, 0.717) is 24.7 Å². The van der Waals surface area contributed by atoms with Crippen LogP contribution < -0.4 is 4.90 Å². The van der Waals surface area contributed by atoms with Crippen LogP contribution in [-0.2, 0) is 18.4 Å². The lowest BCUT2D eigenvalue weighted by atomic mass is 10.2. The number of carboxylic acid groups (broad SMARTS) is 1. The van der Waals surface area contributed by atoms with E-state index in [0.717, 1.165) is 11.5 Å². The summed E-state index contributed by atoms with van der Waals surface area (Å²) in [6.07, 6.45) is 2.37. The molecule has 0 unspecified atom stereocenters. The monoisotopic (exact) mass is 307 g/mol. The lowest BCUT2D eigenvalue weighted by Crippen LogP contribution is -2.26. The smallest absolute Gasteiger partial charge is 0.303 e. The van der Waals surface area contributed by atoms with E-state index in [-0.39, 0.29) is 6.42 Å². The van der Waals surface area contributed by atoms with E-state index in [1.165, 1.54) is 0 Å². The largest absolute Gasteiger partial charge is 0.481 e. The third-order valence-corrected chi connectivity index (χ3v) is 3.65. The Labute approximate surface area is 128 Å². The van der Waals surface area contributed by atoms with Gasteiger partial charge in [0.05, 0.1) is 12.7 Å². The quantitative estimate of drug-likeness (QED) is 0.854. The number of halogens is 1. The highest BCUT2D eigenvalue weighted by Crippen LogP contribution is 2.18. The molecule has 1 heterocycles. The summed E-state index contributed by atoms with van der Waals surface area (Å²) in [6.45, 7) is 1.24. The second-order valence-electron chi connectivity index (χ2n) is 4.81. The lowest BCUT2D eigenvalue weighted by Gasteiger charge is -2.24. The van der Waals surface area contributed by atoms with E-state index < -0.39 is 5.97 Å². The van der Waals surface area contributed by atoms with Crippen molar-refractivity contribution < 1.29 is 9.90 Å². The predicted molar refractivity (Wildman–Crippen MR) is 82.6 cm³/mol. The Bertz CT molecular complexity index is 598. The van der Waals surface area contributed by atoms with Gasteiger partial charge in [-0.05, 0) is 18.6 Å². The molecule has 0 aliphatic carbocycles. The van der Waals surface area contributed by atoms with Gasteiger partial charge in [-0.15, -0.1) is 0 Å². The Hall–Kier alpha value is -2.01. The fourth-order valence-corrected chi connectivity index (χ4v) is 2.25. The van der Waals surface area contributed by atoms with Crippen LogP contribution in [0.4, 0.5) is 5.69 Å². The van der Waals surface area contributed by atoms with Gasteiger partial charge in [-0.25, -0.2) is 4.98 Å². The van der Waals surface area contributed by atoms with Crippen molar-refractivity contribution in [1.82, 2.24) is 9.55 Å². The number of hydrogen-bond acceptors (Lipinski definition) is 3. The summed E-state index contributed by atoms with van der Waals surface area (Å²) in [4.78, 5) is 17.1. The molecule has 0 amide bonds.